The van der Waals surface area contributed by atoms with Crippen molar-refractivity contribution in [1.82, 2.24) is 19.8 Å². The molecule has 2 heterocycles. The van der Waals surface area contributed by atoms with Gasteiger partial charge in [0.2, 0.25) is 11.8 Å². The normalized spacial score (nSPS) is 24.5. The zero-order valence-corrected chi connectivity index (χ0v) is 13.9. The molecule has 6 nitrogen and oxygen atoms in total. The van der Waals surface area contributed by atoms with E-state index in [2.05, 4.69) is 10.3 Å². The molecule has 1 aromatic rings. The summed E-state index contributed by atoms with van der Waals surface area (Å²) < 4.78 is 38.8. The van der Waals surface area contributed by atoms with Crippen LogP contribution in [-0.4, -0.2) is 44.5 Å². The summed E-state index contributed by atoms with van der Waals surface area (Å²) in [6.45, 7) is 0. The summed E-state index contributed by atoms with van der Waals surface area (Å²) >= 11 is 0. The number of hydrogen-bond acceptors (Lipinski definition) is 3. The van der Waals surface area contributed by atoms with Crippen molar-refractivity contribution < 1.29 is 22.8 Å². The first kappa shape index (κ1) is 17.8. The number of aromatic nitrogens is 2. The molecule has 3 rings (SSSR count). The highest BCUT2D eigenvalue weighted by atomic mass is 19.4. The van der Waals surface area contributed by atoms with Gasteiger partial charge < -0.3 is 14.8 Å². The number of piperidine rings is 1. The molecule has 1 N–H and O–H groups in total. The van der Waals surface area contributed by atoms with Crippen LogP contribution in [0.3, 0.4) is 0 Å². The predicted molar refractivity (Wildman–Crippen MR) is 82.3 cm³/mol. The number of likely N-dealkylation sites (tertiary alicyclic amines) is 1. The molecule has 2 aliphatic rings. The van der Waals surface area contributed by atoms with Gasteiger partial charge in [0.1, 0.15) is 0 Å². The van der Waals surface area contributed by atoms with Gasteiger partial charge in [0.25, 0.3) is 0 Å². The van der Waals surface area contributed by atoms with E-state index in [-0.39, 0.29) is 18.4 Å². The maximum atomic E-state index is 12.4. The van der Waals surface area contributed by atoms with Gasteiger partial charge in [-0.15, -0.1) is 0 Å². The van der Waals surface area contributed by atoms with E-state index >= 15 is 0 Å². The van der Waals surface area contributed by atoms with Crippen molar-refractivity contribution in [2.24, 2.45) is 7.05 Å². The monoisotopic (exact) mass is 358 g/mol. The van der Waals surface area contributed by atoms with E-state index in [1.165, 1.54) is 0 Å². The lowest BCUT2D eigenvalue weighted by atomic mass is 9.92. The van der Waals surface area contributed by atoms with Crippen LogP contribution in [0.2, 0.25) is 0 Å². The van der Waals surface area contributed by atoms with Gasteiger partial charge in [-0.05, 0) is 19.3 Å². The molecule has 0 unspecified atom stereocenters. The van der Waals surface area contributed by atoms with Crippen molar-refractivity contribution in [2.45, 2.75) is 62.8 Å². The second-order valence-electron chi connectivity index (χ2n) is 6.73. The number of amides is 2. The Balaban J connectivity index is 1.77. The summed E-state index contributed by atoms with van der Waals surface area (Å²) in [5.41, 5.74) is 0.779. The predicted octanol–water partition coefficient (Wildman–Crippen LogP) is 2.07. The molecule has 2 fully saturated rings. The third-order valence-electron chi connectivity index (χ3n) is 4.72. The van der Waals surface area contributed by atoms with Crippen LogP contribution < -0.4 is 5.32 Å². The Bertz CT molecular complexity index is 654. The maximum absolute atomic E-state index is 12.4. The van der Waals surface area contributed by atoms with Gasteiger partial charge in [-0.1, -0.05) is 0 Å². The average Bonchev–Trinajstić information content (AvgIpc) is 3.27. The van der Waals surface area contributed by atoms with Crippen LogP contribution in [0.4, 0.5) is 13.2 Å². The second-order valence-corrected chi connectivity index (χ2v) is 6.73. The molecule has 138 valence electrons. The summed E-state index contributed by atoms with van der Waals surface area (Å²) in [7, 11) is 1.80. The third kappa shape index (κ3) is 4.13. The van der Waals surface area contributed by atoms with E-state index in [4.69, 9.17) is 0 Å². The number of aryl methyl sites for hydroxylation is 1. The molecule has 25 heavy (non-hydrogen) atoms. The van der Waals surface area contributed by atoms with Crippen molar-refractivity contribution >= 4 is 11.8 Å². The van der Waals surface area contributed by atoms with Crippen LogP contribution in [-0.2, 0) is 16.6 Å². The smallest absolute Gasteiger partial charge is 0.351 e. The van der Waals surface area contributed by atoms with Gasteiger partial charge >= 0.3 is 6.18 Å². The number of halogens is 3. The van der Waals surface area contributed by atoms with Gasteiger partial charge in [0, 0.05) is 25.9 Å². The van der Waals surface area contributed by atoms with Gasteiger partial charge in [-0.2, -0.15) is 13.2 Å². The number of nitrogens with zero attached hydrogens (tertiary/aromatic N) is 3. The Morgan fingerprint density at radius 3 is 2.64 bits per heavy atom. The van der Waals surface area contributed by atoms with Crippen molar-refractivity contribution in [2.75, 3.05) is 0 Å². The largest absolute Gasteiger partial charge is 0.389 e. The van der Waals surface area contributed by atoms with Crippen LogP contribution in [0.1, 0.15) is 50.3 Å². The van der Waals surface area contributed by atoms with Gasteiger partial charge in [0.15, 0.2) is 0 Å². The molecule has 0 spiro atoms. The minimum absolute atomic E-state index is 0.0227. The van der Waals surface area contributed by atoms with E-state index in [0.717, 1.165) is 18.5 Å². The molecule has 0 bridgehead atoms. The summed E-state index contributed by atoms with van der Waals surface area (Å²) in [6, 6.07) is -0.659. The number of imidazole rings is 1. The summed E-state index contributed by atoms with van der Waals surface area (Å²) in [4.78, 5) is 30.3. The van der Waals surface area contributed by atoms with Gasteiger partial charge in [-0.25, -0.2) is 4.98 Å². The first-order chi connectivity index (χ1) is 11.8. The van der Waals surface area contributed by atoms with E-state index in [0.29, 0.717) is 6.42 Å². The number of hydrogen-bond donors (Lipinski definition) is 1. The fraction of sp³-hybridized carbons (Fsp3) is 0.688. The fourth-order valence-corrected chi connectivity index (χ4v) is 3.38. The Hall–Kier alpha value is -2.06. The molecule has 2 atom stereocenters. The van der Waals surface area contributed by atoms with Gasteiger partial charge in [-0.3, -0.25) is 9.59 Å². The van der Waals surface area contributed by atoms with Crippen LogP contribution in [0.15, 0.2) is 12.5 Å². The Kier molecular flexibility index (Phi) is 4.75. The SMILES string of the molecule is Cn1cncc1[C@H]1[C@H](NC(=O)CCC(F)(F)F)CCC(=O)N1C1CC1. The Morgan fingerprint density at radius 2 is 2.08 bits per heavy atom. The second kappa shape index (κ2) is 6.68. The third-order valence-corrected chi connectivity index (χ3v) is 4.72. The average molecular weight is 358 g/mol. The number of carbonyl (C=O) groups is 2. The van der Waals surface area contributed by atoms with Crippen molar-refractivity contribution in [3.8, 4) is 0 Å². The fourth-order valence-electron chi connectivity index (χ4n) is 3.38. The van der Waals surface area contributed by atoms with E-state index in [9.17, 15) is 22.8 Å². The maximum Gasteiger partial charge on any atom is 0.389 e. The molecule has 1 aliphatic carbocycles. The lowest BCUT2D eigenvalue weighted by Gasteiger charge is -2.41. The first-order valence-corrected chi connectivity index (χ1v) is 8.40. The molecule has 0 aromatic carbocycles. The lowest BCUT2D eigenvalue weighted by molar-refractivity contribution is -0.146. The van der Waals surface area contributed by atoms with Crippen LogP contribution >= 0.6 is 0 Å². The zero-order valence-electron chi connectivity index (χ0n) is 13.9. The van der Waals surface area contributed by atoms with Crippen molar-refractivity contribution in [1.29, 1.82) is 0 Å². The molecule has 9 heteroatoms. The molecule has 1 aromatic heterocycles. The van der Waals surface area contributed by atoms with E-state index in [1.54, 1.807) is 29.0 Å². The molecule has 1 saturated carbocycles. The van der Waals surface area contributed by atoms with E-state index < -0.39 is 37.0 Å². The molecule has 1 aliphatic heterocycles. The molecular formula is C16H21F3N4O2. The molecular weight excluding hydrogens is 337 g/mol. The minimum Gasteiger partial charge on any atom is -0.351 e. The van der Waals surface area contributed by atoms with Crippen molar-refractivity contribution in [3.05, 3.63) is 18.2 Å². The quantitative estimate of drug-likeness (QED) is 0.876. The highest BCUT2D eigenvalue weighted by Gasteiger charge is 2.45. The number of alkyl halides is 3. The minimum atomic E-state index is -4.36. The van der Waals surface area contributed by atoms with Gasteiger partial charge in [0.05, 0.1) is 36.7 Å². The standard InChI is InChI=1S/C16H21F3N4O2/c1-22-9-20-8-12(22)15-11(21-13(24)6-7-16(17,18)19)4-5-14(25)23(15)10-2-3-10/h8-11,15H,2-7H2,1H3,(H,21,24)/t11-,15-/m1/s1. The van der Waals surface area contributed by atoms with E-state index in [1.807, 2.05) is 0 Å². The number of nitrogens with one attached hydrogen (secondary N) is 1. The van der Waals surface area contributed by atoms with Crippen LogP contribution in [0.25, 0.3) is 0 Å². The van der Waals surface area contributed by atoms with Crippen molar-refractivity contribution in [3.63, 3.8) is 0 Å². The summed E-state index contributed by atoms with van der Waals surface area (Å²) in [5.74, 6) is -0.617. The molecule has 2 amide bonds. The topological polar surface area (TPSA) is 67.2 Å². The number of rotatable bonds is 5. The van der Waals surface area contributed by atoms with Crippen LogP contribution in [0.5, 0.6) is 0 Å². The highest BCUT2D eigenvalue weighted by molar-refractivity contribution is 5.80. The molecule has 1 saturated heterocycles. The highest BCUT2D eigenvalue weighted by Crippen LogP contribution is 2.40. The number of carbonyl (C=O) groups excluding carboxylic acids is 2. The van der Waals surface area contributed by atoms with Crippen LogP contribution in [0, 0.1) is 0 Å². The summed E-state index contributed by atoms with van der Waals surface area (Å²) in [6.07, 6.45) is -0.325. The first-order valence-electron chi connectivity index (χ1n) is 8.40. The summed E-state index contributed by atoms with van der Waals surface area (Å²) in [5, 5.41) is 2.72. The molecule has 0 radical (unpaired) electrons. The Labute approximate surface area is 143 Å². The zero-order chi connectivity index (χ0) is 18.2. The Morgan fingerprint density at radius 1 is 1.36 bits per heavy atom. The lowest BCUT2D eigenvalue weighted by Crippen LogP contribution is -2.53.